The van der Waals surface area contributed by atoms with E-state index in [4.69, 9.17) is 0 Å². The van der Waals surface area contributed by atoms with E-state index in [0.717, 1.165) is 12.0 Å². The molecule has 0 bridgehead atoms. The molecule has 0 unspecified atom stereocenters. The first-order valence-corrected chi connectivity index (χ1v) is 6.00. The molecule has 0 aliphatic heterocycles. The lowest BCUT2D eigenvalue weighted by Crippen LogP contribution is -1.97. The second kappa shape index (κ2) is 4.09. The second-order valence-electron chi connectivity index (χ2n) is 3.73. The van der Waals surface area contributed by atoms with Crippen molar-refractivity contribution in [1.82, 2.24) is 0 Å². The summed E-state index contributed by atoms with van der Waals surface area (Å²) >= 11 is 1.63. The Labute approximate surface area is 88.5 Å². The number of allylic oxidation sites excluding steroid dienone is 2. The number of hydrogen-bond acceptors (Lipinski definition) is 2. The minimum Gasteiger partial charge on any atom is -0.294 e. The van der Waals surface area contributed by atoms with Crippen molar-refractivity contribution in [3.8, 4) is 0 Å². The largest absolute Gasteiger partial charge is 0.294 e. The SMILES string of the molecule is CC(=O)c1cscc1C1=CCCCC1. The number of carbonyl (C=O) groups excluding carboxylic acids is 1. The zero-order valence-electron chi connectivity index (χ0n) is 8.38. The van der Waals surface area contributed by atoms with Crippen molar-refractivity contribution >= 4 is 22.7 Å². The molecule has 1 aromatic heterocycles. The molecule has 0 radical (unpaired) electrons. The number of hydrogen-bond donors (Lipinski definition) is 0. The molecular weight excluding hydrogens is 192 g/mol. The molecule has 1 aromatic rings. The molecule has 2 rings (SSSR count). The quantitative estimate of drug-likeness (QED) is 0.670. The molecule has 1 nitrogen and oxygen atoms in total. The van der Waals surface area contributed by atoms with Gasteiger partial charge in [0.15, 0.2) is 5.78 Å². The highest BCUT2D eigenvalue weighted by molar-refractivity contribution is 7.08. The van der Waals surface area contributed by atoms with Crippen molar-refractivity contribution in [2.75, 3.05) is 0 Å². The molecule has 0 aromatic carbocycles. The number of rotatable bonds is 2. The van der Waals surface area contributed by atoms with Crippen LogP contribution in [0.3, 0.4) is 0 Å². The van der Waals surface area contributed by atoms with Crippen LogP contribution < -0.4 is 0 Å². The Morgan fingerprint density at radius 1 is 1.36 bits per heavy atom. The predicted molar refractivity (Wildman–Crippen MR) is 60.8 cm³/mol. The maximum absolute atomic E-state index is 11.3. The van der Waals surface area contributed by atoms with Gasteiger partial charge in [-0.25, -0.2) is 0 Å². The number of ketones is 1. The summed E-state index contributed by atoms with van der Waals surface area (Å²) in [6.45, 7) is 1.65. The Kier molecular flexibility index (Phi) is 2.82. The van der Waals surface area contributed by atoms with E-state index in [9.17, 15) is 4.79 Å². The summed E-state index contributed by atoms with van der Waals surface area (Å²) in [7, 11) is 0. The summed E-state index contributed by atoms with van der Waals surface area (Å²) in [6, 6.07) is 0. The zero-order valence-corrected chi connectivity index (χ0v) is 9.19. The standard InChI is InChI=1S/C12H14OS/c1-9(13)11-7-14-8-12(11)10-5-3-2-4-6-10/h5,7-8H,2-4,6H2,1H3. The monoisotopic (exact) mass is 206 g/mol. The van der Waals surface area contributed by atoms with E-state index in [-0.39, 0.29) is 5.78 Å². The van der Waals surface area contributed by atoms with Crippen LogP contribution in [0.2, 0.25) is 0 Å². The van der Waals surface area contributed by atoms with Gasteiger partial charge >= 0.3 is 0 Å². The summed E-state index contributed by atoms with van der Waals surface area (Å²) in [5.41, 5.74) is 3.47. The van der Waals surface area contributed by atoms with Gasteiger partial charge in [0.05, 0.1) is 0 Å². The summed E-state index contributed by atoms with van der Waals surface area (Å²) in [6.07, 6.45) is 7.15. The van der Waals surface area contributed by atoms with Crippen molar-refractivity contribution in [1.29, 1.82) is 0 Å². The van der Waals surface area contributed by atoms with Crippen molar-refractivity contribution in [2.24, 2.45) is 0 Å². The second-order valence-corrected chi connectivity index (χ2v) is 4.47. The van der Waals surface area contributed by atoms with Gasteiger partial charge < -0.3 is 0 Å². The molecule has 0 N–H and O–H groups in total. The normalized spacial score (nSPS) is 16.5. The molecule has 14 heavy (non-hydrogen) atoms. The fourth-order valence-corrected chi connectivity index (χ4v) is 2.81. The van der Waals surface area contributed by atoms with E-state index in [1.54, 1.807) is 18.3 Å². The van der Waals surface area contributed by atoms with Gasteiger partial charge in [0.2, 0.25) is 0 Å². The topological polar surface area (TPSA) is 17.1 Å². The van der Waals surface area contributed by atoms with Gasteiger partial charge in [-0.2, -0.15) is 11.3 Å². The maximum Gasteiger partial charge on any atom is 0.161 e. The van der Waals surface area contributed by atoms with Gasteiger partial charge in [-0.15, -0.1) is 0 Å². The summed E-state index contributed by atoms with van der Waals surface area (Å²) < 4.78 is 0. The summed E-state index contributed by atoms with van der Waals surface area (Å²) in [5.74, 6) is 0.188. The lowest BCUT2D eigenvalue weighted by Gasteiger charge is -2.12. The van der Waals surface area contributed by atoms with Gasteiger partial charge in [0.25, 0.3) is 0 Å². The Morgan fingerprint density at radius 2 is 2.21 bits per heavy atom. The Balaban J connectivity index is 2.35. The van der Waals surface area contributed by atoms with Crippen molar-refractivity contribution in [3.63, 3.8) is 0 Å². The molecule has 0 amide bonds. The molecule has 74 valence electrons. The number of thiophene rings is 1. The van der Waals surface area contributed by atoms with Gasteiger partial charge in [-0.05, 0) is 49.1 Å². The Bertz CT molecular complexity index is 373. The van der Waals surface area contributed by atoms with Crippen molar-refractivity contribution < 1.29 is 4.79 Å². The summed E-state index contributed by atoms with van der Waals surface area (Å²) in [4.78, 5) is 11.3. The van der Waals surface area contributed by atoms with Crippen LogP contribution >= 0.6 is 11.3 Å². The van der Waals surface area contributed by atoms with Crippen LogP contribution in [0, 0.1) is 0 Å². The van der Waals surface area contributed by atoms with Crippen LogP contribution in [0.15, 0.2) is 16.8 Å². The van der Waals surface area contributed by atoms with E-state index < -0.39 is 0 Å². The van der Waals surface area contributed by atoms with Crippen LogP contribution in [0.1, 0.15) is 48.5 Å². The van der Waals surface area contributed by atoms with E-state index in [0.29, 0.717) is 0 Å². The molecule has 0 saturated heterocycles. The number of Topliss-reactive ketones (excluding diaryl/α,β-unsaturated/α-hetero) is 1. The van der Waals surface area contributed by atoms with Crippen LogP contribution in [0.4, 0.5) is 0 Å². The average molecular weight is 206 g/mol. The molecule has 1 heterocycles. The van der Waals surface area contributed by atoms with Gasteiger partial charge in [0, 0.05) is 10.9 Å². The first-order chi connectivity index (χ1) is 6.79. The number of carbonyl (C=O) groups is 1. The van der Waals surface area contributed by atoms with Gasteiger partial charge in [0.1, 0.15) is 0 Å². The van der Waals surface area contributed by atoms with E-state index >= 15 is 0 Å². The molecule has 0 spiro atoms. The molecule has 0 atom stereocenters. The Hall–Kier alpha value is -0.890. The molecule has 2 heteroatoms. The minimum atomic E-state index is 0.188. The molecule has 1 aliphatic carbocycles. The Morgan fingerprint density at radius 3 is 2.86 bits per heavy atom. The first kappa shape index (κ1) is 9.66. The molecular formula is C12H14OS. The van der Waals surface area contributed by atoms with Crippen LogP contribution in [0.5, 0.6) is 0 Å². The molecule has 0 saturated carbocycles. The van der Waals surface area contributed by atoms with E-state index in [2.05, 4.69) is 11.5 Å². The van der Waals surface area contributed by atoms with E-state index in [1.165, 1.54) is 30.4 Å². The molecule has 1 aliphatic rings. The highest BCUT2D eigenvalue weighted by Crippen LogP contribution is 2.31. The highest BCUT2D eigenvalue weighted by atomic mass is 32.1. The van der Waals surface area contributed by atoms with Crippen molar-refractivity contribution in [3.05, 3.63) is 28.0 Å². The highest BCUT2D eigenvalue weighted by Gasteiger charge is 2.13. The predicted octanol–water partition coefficient (Wildman–Crippen LogP) is 3.91. The van der Waals surface area contributed by atoms with E-state index in [1.807, 2.05) is 5.38 Å². The van der Waals surface area contributed by atoms with Crippen LogP contribution in [0.25, 0.3) is 5.57 Å². The fourth-order valence-electron chi connectivity index (χ4n) is 1.90. The third-order valence-corrected chi connectivity index (χ3v) is 3.42. The van der Waals surface area contributed by atoms with Crippen LogP contribution in [-0.2, 0) is 0 Å². The minimum absolute atomic E-state index is 0.188. The third-order valence-electron chi connectivity index (χ3n) is 2.68. The lowest BCUT2D eigenvalue weighted by molar-refractivity contribution is 0.101. The third kappa shape index (κ3) is 1.80. The van der Waals surface area contributed by atoms with Crippen molar-refractivity contribution in [2.45, 2.75) is 32.6 Å². The van der Waals surface area contributed by atoms with Crippen LogP contribution in [-0.4, -0.2) is 5.78 Å². The van der Waals surface area contributed by atoms with Gasteiger partial charge in [-0.1, -0.05) is 6.08 Å². The smallest absolute Gasteiger partial charge is 0.161 e. The lowest BCUT2D eigenvalue weighted by atomic mass is 9.92. The molecule has 0 fully saturated rings. The fraction of sp³-hybridized carbons (Fsp3) is 0.417. The maximum atomic E-state index is 11.3. The summed E-state index contributed by atoms with van der Waals surface area (Å²) in [5, 5.41) is 4.07. The zero-order chi connectivity index (χ0) is 9.97. The first-order valence-electron chi connectivity index (χ1n) is 5.05. The van der Waals surface area contributed by atoms with Gasteiger partial charge in [-0.3, -0.25) is 4.79 Å². The average Bonchev–Trinajstić information content (AvgIpc) is 2.67.